The maximum Gasteiger partial charge on any atom is 0.121 e. The number of hydrogen-bond donors (Lipinski definition) is 0. The van der Waals surface area contributed by atoms with E-state index in [9.17, 15) is 0 Å². The number of likely N-dealkylation sites (N-methyl/N-ethyl adjacent to an activating group) is 1. The van der Waals surface area contributed by atoms with E-state index in [0.29, 0.717) is 6.04 Å². The van der Waals surface area contributed by atoms with Crippen LogP contribution in [0.15, 0.2) is 53.1 Å². The Kier molecular flexibility index (Phi) is 3.42. The van der Waals surface area contributed by atoms with Gasteiger partial charge in [-0.3, -0.25) is 4.90 Å². The number of rotatable bonds is 4. The van der Waals surface area contributed by atoms with E-state index in [1.54, 1.807) is 6.26 Å². The lowest BCUT2D eigenvalue weighted by Gasteiger charge is -2.22. The van der Waals surface area contributed by atoms with E-state index in [1.807, 2.05) is 18.2 Å². The molecule has 0 saturated carbocycles. The maximum atomic E-state index is 5.49. The molecule has 0 amide bonds. The van der Waals surface area contributed by atoms with E-state index < -0.39 is 0 Å². The second kappa shape index (κ2) is 4.99. The molecule has 2 heteroatoms. The summed E-state index contributed by atoms with van der Waals surface area (Å²) in [5.41, 5.74) is 1.33. The second-order valence-electron chi connectivity index (χ2n) is 4.18. The molecule has 1 atom stereocenters. The van der Waals surface area contributed by atoms with Crippen LogP contribution in [-0.2, 0) is 6.42 Å². The molecule has 16 heavy (non-hydrogen) atoms. The highest BCUT2D eigenvalue weighted by Crippen LogP contribution is 2.23. The average molecular weight is 215 g/mol. The van der Waals surface area contributed by atoms with Gasteiger partial charge in [-0.2, -0.15) is 0 Å². The molecule has 0 aliphatic rings. The van der Waals surface area contributed by atoms with Crippen molar-refractivity contribution in [1.82, 2.24) is 4.90 Å². The van der Waals surface area contributed by atoms with E-state index in [2.05, 4.69) is 43.3 Å². The van der Waals surface area contributed by atoms with Crippen molar-refractivity contribution in [3.8, 4) is 0 Å². The number of furan rings is 1. The summed E-state index contributed by atoms with van der Waals surface area (Å²) in [7, 11) is 4.16. The Morgan fingerprint density at radius 3 is 2.38 bits per heavy atom. The lowest BCUT2D eigenvalue weighted by Crippen LogP contribution is -2.21. The molecule has 84 valence electrons. The van der Waals surface area contributed by atoms with Gasteiger partial charge in [0.15, 0.2) is 0 Å². The third-order valence-corrected chi connectivity index (χ3v) is 2.77. The van der Waals surface area contributed by atoms with Gasteiger partial charge >= 0.3 is 0 Å². The highest BCUT2D eigenvalue weighted by molar-refractivity contribution is 5.18. The van der Waals surface area contributed by atoms with Gasteiger partial charge < -0.3 is 4.42 Å². The van der Waals surface area contributed by atoms with Crippen LogP contribution >= 0.6 is 0 Å². The molecule has 0 N–H and O–H groups in total. The van der Waals surface area contributed by atoms with Crippen molar-refractivity contribution >= 4 is 0 Å². The molecule has 1 aromatic heterocycles. The minimum absolute atomic E-state index is 0.303. The Bertz CT molecular complexity index is 406. The fourth-order valence-corrected chi connectivity index (χ4v) is 1.86. The third kappa shape index (κ3) is 2.52. The molecule has 2 nitrogen and oxygen atoms in total. The zero-order valence-corrected chi connectivity index (χ0v) is 9.76. The quantitative estimate of drug-likeness (QED) is 0.779. The van der Waals surface area contributed by atoms with Gasteiger partial charge in [0, 0.05) is 0 Å². The highest BCUT2D eigenvalue weighted by atomic mass is 16.3. The van der Waals surface area contributed by atoms with Crippen molar-refractivity contribution in [3.05, 3.63) is 60.1 Å². The van der Waals surface area contributed by atoms with E-state index in [1.165, 1.54) is 5.56 Å². The molecule has 0 aliphatic heterocycles. The van der Waals surface area contributed by atoms with Gasteiger partial charge in [-0.15, -0.1) is 0 Å². The highest BCUT2D eigenvalue weighted by Gasteiger charge is 2.16. The van der Waals surface area contributed by atoms with Crippen LogP contribution in [0.1, 0.15) is 17.4 Å². The molecular formula is C14H17NO. The largest absolute Gasteiger partial charge is 0.468 e. The molecule has 0 radical (unpaired) electrons. The van der Waals surface area contributed by atoms with Crippen LogP contribution in [0.3, 0.4) is 0 Å². The monoisotopic (exact) mass is 215 g/mol. The van der Waals surface area contributed by atoms with Gasteiger partial charge in [0.1, 0.15) is 5.76 Å². The SMILES string of the molecule is CN(C)[C@@H](Cc1ccccc1)c1ccco1. The van der Waals surface area contributed by atoms with E-state index in [-0.39, 0.29) is 0 Å². The summed E-state index contributed by atoms with van der Waals surface area (Å²) >= 11 is 0. The third-order valence-electron chi connectivity index (χ3n) is 2.77. The summed E-state index contributed by atoms with van der Waals surface area (Å²) in [6.07, 6.45) is 2.71. The van der Waals surface area contributed by atoms with Crippen LogP contribution in [0, 0.1) is 0 Å². The molecular weight excluding hydrogens is 198 g/mol. The van der Waals surface area contributed by atoms with Gasteiger partial charge in [0.2, 0.25) is 0 Å². The summed E-state index contributed by atoms with van der Waals surface area (Å²) in [6.45, 7) is 0. The standard InChI is InChI=1S/C14H17NO/c1-15(2)13(14-9-6-10-16-14)11-12-7-4-3-5-8-12/h3-10,13H,11H2,1-2H3/t13-/m0/s1. The summed E-state index contributed by atoms with van der Waals surface area (Å²) < 4.78 is 5.49. The molecule has 0 aliphatic carbocycles. The van der Waals surface area contributed by atoms with Gasteiger partial charge in [0.05, 0.1) is 12.3 Å². The van der Waals surface area contributed by atoms with Crippen molar-refractivity contribution in [2.24, 2.45) is 0 Å². The van der Waals surface area contributed by atoms with Crippen LogP contribution < -0.4 is 0 Å². The first-order valence-electron chi connectivity index (χ1n) is 5.51. The summed E-state index contributed by atoms with van der Waals surface area (Å²) in [4.78, 5) is 2.19. The minimum atomic E-state index is 0.303. The van der Waals surface area contributed by atoms with Crippen LogP contribution in [0.25, 0.3) is 0 Å². The minimum Gasteiger partial charge on any atom is -0.468 e. The Morgan fingerprint density at radius 1 is 1.06 bits per heavy atom. The van der Waals surface area contributed by atoms with Gasteiger partial charge in [-0.25, -0.2) is 0 Å². The molecule has 0 fully saturated rings. The molecule has 0 spiro atoms. The smallest absolute Gasteiger partial charge is 0.121 e. The van der Waals surface area contributed by atoms with Gasteiger partial charge in [-0.1, -0.05) is 30.3 Å². The number of benzene rings is 1. The number of hydrogen-bond acceptors (Lipinski definition) is 2. The molecule has 0 bridgehead atoms. The van der Waals surface area contributed by atoms with Crippen molar-refractivity contribution in [1.29, 1.82) is 0 Å². The van der Waals surface area contributed by atoms with Gasteiger partial charge in [-0.05, 0) is 38.2 Å². The Balaban J connectivity index is 2.16. The lowest BCUT2D eigenvalue weighted by molar-refractivity contribution is 0.257. The predicted octanol–water partition coefficient (Wildman–Crippen LogP) is 3.13. The maximum absolute atomic E-state index is 5.49. The predicted molar refractivity (Wildman–Crippen MR) is 65.3 cm³/mol. The first-order chi connectivity index (χ1) is 7.77. The zero-order valence-electron chi connectivity index (χ0n) is 9.76. The first kappa shape index (κ1) is 11.0. The van der Waals surface area contributed by atoms with Gasteiger partial charge in [0.25, 0.3) is 0 Å². The fraction of sp³-hybridized carbons (Fsp3) is 0.286. The fourth-order valence-electron chi connectivity index (χ4n) is 1.86. The van der Waals surface area contributed by atoms with E-state index in [0.717, 1.165) is 12.2 Å². The van der Waals surface area contributed by atoms with Crippen LogP contribution in [0.5, 0.6) is 0 Å². The lowest BCUT2D eigenvalue weighted by atomic mass is 10.0. The van der Waals surface area contributed by atoms with Crippen LogP contribution in [0.2, 0.25) is 0 Å². The molecule has 1 aromatic carbocycles. The van der Waals surface area contributed by atoms with Crippen molar-refractivity contribution in [3.63, 3.8) is 0 Å². The first-order valence-corrected chi connectivity index (χ1v) is 5.51. The molecule has 0 saturated heterocycles. The summed E-state index contributed by atoms with van der Waals surface area (Å²) in [6, 6.07) is 14.8. The van der Waals surface area contributed by atoms with E-state index in [4.69, 9.17) is 4.42 Å². The Hall–Kier alpha value is -1.54. The molecule has 2 rings (SSSR count). The Labute approximate surface area is 96.5 Å². The van der Waals surface area contributed by atoms with E-state index >= 15 is 0 Å². The average Bonchev–Trinajstić information content (AvgIpc) is 2.80. The number of nitrogens with zero attached hydrogens (tertiary/aromatic N) is 1. The molecule has 2 aromatic rings. The topological polar surface area (TPSA) is 16.4 Å². The van der Waals surface area contributed by atoms with Crippen LogP contribution in [-0.4, -0.2) is 19.0 Å². The molecule has 1 heterocycles. The van der Waals surface area contributed by atoms with Crippen molar-refractivity contribution in [2.45, 2.75) is 12.5 Å². The summed E-state index contributed by atoms with van der Waals surface area (Å²) in [5, 5.41) is 0. The van der Waals surface area contributed by atoms with Crippen molar-refractivity contribution in [2.75, 3.05) is 14.1 Å². The van der Waals surface area contributed by atoms with Crippen molar-refractivity contribution < 1.29 is 4.42 Å². The zero-order chi connectivity index (χ0) is 11.4. The normalized spacial score (nSPS) is 12.9. The molecule has 0 unspecified atom stereocenters. The van der Waals surface area contributed by atoms with Crippen LogP contribution in [0.4, 0.5) is 0 Å². The summed E-state index contributed by atoms with van der Waals surface area (Å²) in [5.74, 6) is 1.02. The second-order valence-corrected chi connectivity index (χ2v) is 4.18. The Morgan fingerprint density at radius 2 is 1.81 bits per heavy atom.